The van der Waals surface area contributed by atoms with Crippen LogP contribution in [0.2, 0.25) is 5.02 Å². The topological polar surface area (TPSA) is 60.9 Å². The number of hydrogen-bond acceptors (Lipinski definition) is 5. The SMILES string of the molecule is O=C(/C=C/c1ccccc1Cl)N1CCOc2c(cc(-c3cccnc3)cc2OCC2CCCCO2)C1. The number of pyridine rings is 1. The van der Waals surface area contributed by atoms with Gasteiger partial charge in [0.2, 0.25) is 5.91 Å². The highest BCUT2D eigenvalue weighted by Crippen LogP contribution is 2.39. The first-order valence-corrected chi connectivity index (χ1v) is 12.7. The predicted molar refractivity (Wildman–Crippen MR) is 140 cm³/mol. The van der Waals surface area contributed by atoms with Crippen LogP contribution in [0.4, 0.5) is 0 Å². The summed E-state index contributed by atoms with van der Waals surface area (Å²) in [5, 5.41) is 0.607. The number of halogens is 1. The van der Waals surface area contributed by atoms with Crippen molar-refractivity contribution in [1.29, 1.82) is 0 Å². The molecule has 1 saturated heterocycles. The van der Waals surface area contributed by atoms with Crippen molar-refractivity contribution in [2.75, 3.05) is 26.4 Å². The molecule has 2 aliphatic heterocycles. The number of carbonyl (C=O) groups is 1. The van der Waals surface area contributed by atoms with E-state index < -0.39 is 0 Å². The third kappa shape index (κ3) is 5.89. The first-order chi connectivity index (χ1) is 17.7. The molecule has 0 aliphatic carbocycles. The molecule has 1 aromatic heterocycles. The number of nitrogens with zero attached hydrogens (tertiary/aromatic N) is 2. The zero-order chi connectivity index (χ0) is 24.7. The summed E-state index contributed by atoms with van der Waals surface area (Å²) in [4.78, 5) is 19.1. The number of hydrogen-bond donors (Lipinski definition) is 0. The molecule has 1 unspecified atom stereocenters. The van der Waals surface area contributed by atoms with Gasteiger partial charge in [0.1, 0.15) is 13.2 Å². The highest BCUT2D eigenvalue weighted by atomic mass is 35.5. The Hall–Kier alpha value is -3.35. The van der Waals surface area contributed by atoms with Gasteiger partial charge < -0.3 is 19.1 Å². The third-order valence-electron chi connectivity index (χ3n) is 6.42. The van der Waals surface area contributed by atoms with E-state index in [0.717, 1.165) is 48.1 Å². The predicted octanol–water partition coefficient (Wildman–Crippen LogP) is 5.78. The van der Waals surface area contributed by atoms with E-state index >= 15 is 0 Å². The second-order valence-corrected chi connectivity index (χ2v) is 9.37. The quantitative estimate of drug-likeness (QED) is 0.398. The number of aromatic nitrogens is 1. The van der Waals surface area contributed by atoms with Crippen LogP contribution in [0.15, 0.2) is 67.0 Å². The smallest absolute Gasteiger partial charge is 0.246 e. The first kappa shape index (κ1) is 24.3. The van der Waals surface area contributed by atoms with Crippen molar-refractivity contribution in [3.05, 3.63) is 83.2 Å². The van der Waals surface area contributed by atoms with Crippen molar-refractivity contribution >= 4 is 23.6 Å². The zero-order valence-electron chi connectivity index (χ0n) is 20.1. The van der Waals surface area contributed by atoms with Crippen LogP contribution < -0.4 is 9.47 Å². The third-order valence-corrected chi connectivity index (χ3v) is 6.76. The fourth-order valence-corrected chi connectivity index (χ4v) is 4.68. The van der Waals surface area contributed by atoms with Crippen LogP contribution in [0.3, 0.4) is 0 Å². The van der Waals surface area contributed by atoms with Gasteiger partial charge in [0.15, 0.2) is 11.5 Å². The van der Waals surface area contributed by atoms with E-state index in [-0.39, 0.29) is 12.0 Å². The van der Waals surface area contributed by atoms with Gasteiger partial charge in [-0.2, -0.15) is 0 Å². The molecule has 3 aromatic rings. The van der Waals surface area contributed by atoms with Gasteiger partial charge in [-0.05, 0) is 60.7 Å². The van der Waals surface area contributed by atoms with Crippen molar-refractivity contribution < 1.29 is 19.0 Å². The van der Waals surface area contributed by atoms with E-state index in [2.05, 4.69) is 11.1 Å². The summed E-state index contributed by atoms with van der Waals surface area (Å²) in [6, 6.07) is 15.4. The molecule has 2 aliphatic rings. The molecule has 36 heavy (non-hydrogen) atoms. The normalized spacial score (nSPS) is 17.8. The van der Waals surface area contributed by atoms with E-state index in [1.807, 2.05) is 48.7 Å². The summed E-state index contributed by atoms with van der Waals surface area (Å²) >= 11 is 6.24. The fraction of sp³-hybridized carbons (Fsp3) is 0.310. The lowest BCUT2D eigenvalue weighted by molar-refractivity contribution is -0.126. The molecule has 0 saturated carbocycles. The molecule has 0 spiro atoms. The lowest BCUT2D eigenvalue weighted by Crippen LogP contribution is -2.30. The first-order valence-electron chi connectivity index (χ1n) is 12.3. The van der Waals surface area contributed by atoms with Crippen LogP contribution in [0.25, 0.3) is 17.2 Å². The average molecular weight is 505 g/mol. The number of ether oxygens (including phenoxy) is 3. The van der Waals surface area contributed by atoms with Gasteiger partial charge >= 0.3 is 0 Å². The number of rotatable bonds is 6. The van der Waals surface area contributed by atoms with Gasteiger partial charge in [-0.1, -0.05) is 35.9 Å². The molecule has 186 valence electrons. The molecule has 1 amide bonds. The molecule has 2 aromatic carbocycles. The van der Waals surface area contributed by atoms with Gasteiger partial charge in [0.25, 0.3) is 0 Å². The second-order valence-electron chi connectivity index (χ2n) is 8.97. The van der Waals surface area contributed by atoms with E-state index in [1.54, 1.807) is 23.2 Å². The Morgan fingerprint density at radius 1 is 1.14 bits per heavy atom. The minimum Gasteiger partial charge on any atom is -0.487 e. The van der Waals surface area contributed by atoms with Gasteiger partial charge in [-0.15, -0.1) is 0 Å². The van der Waals surface area contributed by atoms with E-state index in [1.165, 1.54) is 0 Å². The maximum absolute atomic E-state index is 13.1. The molecule has 7 heteroatoms. The maximum atomic E-state index is 13.1. The number of carbonyl (C=O) groups excluding carboxylic acids is 1. The Morgan fingerprint density at radius 3 is 2.86 bits per heavy atom. The van der Waals surface area contributed by atoms with Crippen LogP contribution in [0.1, 0.15) is 30.4 Å². The molecular formula is C29H29ClN2O4. The van der Waals surface area contributed by atoms with Gasteiger partial charge in [0.05, 0.1) is 12.6 Å². The van der Waals surface area contributed by atoms with Gasteiger partial charge in [-0.25, -0.2) is 0 Å². The molecule has 1 fully saturated rings. The van der Waals surface area contributed by atoms with Crippen LogP contribution in [-0.2, 0) is 16.1 Å². The molecule has 5 rings (SSSR count). The van der Waals surface area contributed by atoms with Crippen molar-refractivity contribution in [1.82, 2.24) is 9.88 Å². The standard InChI is InChI=1S/C29H29ClN2O4/c30-26-9-2-1-6-21(26)10-11-28(33)32-13-15-35-29-24(19-32)16-23(22-7-5-12-31-18-22)17-27(29)36-20-25-8-3-4-14-34-25/h1-2,5-7,9-12,16-18,25H,3-4,8,13-15,19-20H2/b11-10+. The largest absolute Gasteiger partial charge is 0.487 e. The van der Waals surface area contributed by atoms with Crippen molar-refractivity contribution in [3.8, 4) is 22.6 Å². The molecule has 1 atom stereocenters. The number of amides is 1. The second kappa shape index (κ2) is 11.6. The van der Waals surface area contributed by atoms with Gasteiger partial charge in [-0.3, -0.25) is 9.78 Å². The highest BCUT2D eigenvalue weighted by Gasteiger charge is 2.24. The lowest BCUT2D eigenvalue weighted by atomic mass is 10.0. The Kier molecular flexibility index (Phi) is 7.84. The van der Waals surface area contributed by atoms with Crippen LogP contribution >= 0.6 is 11.6 Å². The summed E-state index contributed by atoms with van der Waals surface area (Å²) in [6.07, 6.45) is 10.2. The maximum Gasteiger partial charge on any atom is 0.246 e. The molecule has 3 heterocycles. The van der Waals surface area contributed by atoms with E-state index in [0.29, 0.717) is 42.8 Å². The average Bonchev–Trinajstić information content (AvgIpc) is 3.15. The summed E-state index contributed by atoms with van der Waals surface area (Å²) in [5.41, 5.74) is 3.64. The van der Waals surface area contributed by atoms with Crippen LogP contribution in [0, 0.1) is 0 Å². The lowest BCUT2D eigenvalue weighted by Gasteiger charge is -2.24. The molecule has 6 nitrogen and oxygen atoms in total. The Morgan fingerprint density at radius 2 is 2.06 bits per heavy atom. The highest BCUT2D eigenvalue weighted by molar-refractivity contribution is 6.32. The molecular weight excluding hydrogens is 476 g/mol. The molecule has 0 bridgehead atoms. The monoisotopic (exact) mass is 504 g/mol. The summed E-state index contributed by atoms with van der Waals surface area (Å²) in [5.74, 6) is 1.25. The summed E-state index contributed by atoms with van der Waals surface area (Å²) in [6.45, 7) is 2.49. The summed E-state index contributed by atoms with van der Waals surface area (Å²) < 4.78 is 18.3. The number of fused-ring (bicyclic) bond motifs is 1. The molecule has 0 radical (unpaired) electrons. The van der Waals surface area contributed by atoms with Crippen LogP contribution in [-0.4, -0.2) is 48.3 Å². The van der Waals surface area contributed by atoms with E-state index in [4.69, 9.17) is 25.8 Å². The Balaban J connectivity index is 1.41. The summed E-state index contributed by atoms with van der Waals surface area (Å²) in [7, 11) is 0. The Labute approximate surface area is 216 Å². The number of benzene rings is 2. The van der Waals surface area contributed by atoms with Crippen LogP contribution in [0.5, 0.6) is 11.5 Å². The zero-order valence-corrected chi connectivity index (χ0v) is 20.8. The Bertz CT molecular complexity index is 1230. The van der Waals surface area contributed by atoms with Crippen molar-refractivity contribution in [2.45, 2.75) is 31.9 Å². The fourth-order valence-electron chi connectivity index (χ4n) is 4.48. The molecule has 0 N–H and O–H groups in total. The van der Waals surface area contributed by atoms with E-state index in [9.17, 15) is 4.79 Å². The minimum atomic E-state index is -0.101. The van der Waals surface area contributed by atoms with Gasteiger partial charge in [0, 0.05) is 47.8 Å². The van der Waals surface area contributed by atoms with Crippen molar-refractivity contribution in [2.24, 2.45) is 0 Å². The van der Waals surface area contributed by atoms with Crippen molar-refractivity contribution in [3.63, 3.8) is 0 Å². The minimum absolute atomic E-state index is 0.0789.